The first kappa shape index (κ1) is 12.4. The van der Waals surface area contributed by atoms with Crippen molar-refractivity contribution in [3.8, 4) is 6.07 Å². The second kappa shape index (κ2) is 3.28. The summed E-state index contributed by atoms with van der Waals surface area (Å²) in [4.78, 5) is 0. The molecule has 0 heterocycles. The van der Waals surface area contributed by atoms with Gasteiger partial charge in [-0.25, -0.2) is 8.42 Å². The maximum Gasteiger partial charge on any atom is 0.210 e. The molecule has 0 aliphatic heterocycles. The van der Waals surface area contributed by atoms with Crippen molar-refractivity contribution < 1.29 is 8.42 Å². The molecule has 0 fully saturated rings. The molecule has 0 rings (SSSR count). The molecule has 0 saturated carbocycles. The van der Waals surface area contributed by atoms with Crippen LogP contribution in [0.4, 0.5) is 0 Å². The van der Waals surface area contributed by atoms with E-state index in [4.69, 9.17) is 5.26 Å². The molecule has 0 bridgehead atoms. The van der Waals surface area contributed by atoms with Gasteiger partial charge in [0.2, 0.25) is 10.0 Å². The Morgan fingerprint density at radius 1 is 1.23 bits per heavy atom. The van der Waals surface area contributed by atoms with Gasteiger partial charge in [-0.3, -0.25) is 0 Å². The van der Waals surface area contributed by atoms with Crippen molar-refractivity contribution in [3.05, 3.63) is 0 Å². The molecule has 1 unspecified atom stereocenters. The molecule has 1 N–H and O–H groups in total. The molecule has 0 saturated heterocycles. The smallest absolute Gasteiger partial charge is 0.210 e. The van der Waals surface area contributed by atoms with E-state index in [0.717, 1.165) is 6.26 Å². The Balaban J connectivity index is 5.03. The highest BCUT2D eigenvalue weighted by molar-refractivity contribution is 7.88. The fourth-order valence-corrected chi connectivity index (χ4v) is 1.81. The highest BCUT2D eigenvalue weighted by Gasteiger charge is 2.39. The fraction of sp³-hybridized carbons (Fsp3) is 0.875. The van der Waals surface area contributed by atoms with Gasteiger partial charge in [-0.2, -0.15) is 9.98 Å². The summed E-state index contributed by atoms with van der Waals surface area (Å²) < 4.78 is 24.3. The highest BCUT2D eigenvalue weighted by Crippen LogP contribution is 2.29. The van der Waals surface area contributed by atoms with Gasteiger partial charge in [0.1, 0.15) is 5.54 Å². The van der Waals surface area contributed by atoms with Gasteiger partial charge in [-0.1, -0.05) is 20.8 Å². The second-order valence-corrected chi connectivity index (χ2v) is 6.11. The van der Waals surface area contributed by atoms with Crippen molar-refractivity contribution in [3.63, 3.8) is 0 Å². The van der Waals surface area contributed by atoms with E-state index in [1.165, 1.54) is 0 Å². The Morgan fingerprint density at radius 2 is 1.62 bits per heavy atom. The Kier molecular flexibility index (Phi) is 3.12. The predicted molar refractivity (Wildman–Crippen MR) is 51.5 cm³/mol. The van der Waals surface area contributed by atoms with E-state index in [-0.39, 0.29) is 0 Å². The van der Waals surface area contributed by atoms with Gasteiger partial charge < -0.3 is 0 Å². The molecule has 76 valence electrons. The zero-order valence-corrected chi connectivity index (χ0v) is 9.49. The van der Waals surface area contributed by atoms with E-state index >= 15 is 0 Å². The van der Waals surface area contributed by atoms with Gasteiger partial charge in [-0.15, -0.1) is 0 Å². The third-order valence-corrected chi connectivity index (χ3v) is 2.89. The molecule has 0 amide bonds. The fourth-order valence-electron chi connectivity index (χ4n) is 0.714. The summed E-state index contributed by atoms with van der Waals surface area (Å²) in [5, 5.41) is 8.91. The maximum absolute atomic E-state index is 11.0. The summed E-state index contributed by atoms with van der Waals surface area (Å²) in [6, 6.07) is 1.98. The molecular formula is C8H16N2O2S. The summed E-state index contributed by atoms with van der Waals surface area (Å²) in [6.45, 7) is 7.02. The minimum absolute atomic E-state index is 0.440. The Hall–Kier alpha value is -0.600. The summed E-state index contributed by atoms with van der Waals surface area (Å²) in [7, 11) is -3.35. The van der Waals surface area contributed by atoms with Gasteiger partial charge >= 0.3 is 0 Å². The van der Waals surface area contributed by atoms with Crippen LogP contribution < -0.4 is 4.72 Å². The van der Waals surface area contributed by atoms with Crippen LogP contribution in [0, 0.1) is 16.7 Å². The number of sulfonamides is 1. The van der Waals surface area contributed by atoms with Crippen LogP contribution in [-0.2, 0) is 10.0 Å². The van der Waals surface area contributed by atoms with E-state index in [1.54, 1.807) is 6.92 Å². The summed E-state index contributed by atoms with van der Waals surface area (Å²) in [5.74, 6) is 0. The zero-order chi connectivity index (χ0) is 10.9. The van der Waals surface area contributed by atoms with Gasteiger partial charge in [-0.05, 0) is 12.3 Å². The first-order valence-corrected chi connectivity index (χ1v) is 5.81. The predicted octanol–water partition coefficient (Wildman–Crippen LogP) is 0.864. The molecule has 0 aromatic carbocycles. The van der Waals surface area contributed by atoms with Crippen LogP contribution in [0.1, 0.15) is 27.7 Å². The molecule has 4 nitrogen and oxygen atoms in total. The van der Waals surface area contributed by atoms with Crippen molar-refractivity contribution in [1.29, 1.82) is 5.26 Å². The lowest BCUT2D eigenvalue weighted by Crippen LogP contribution is -2.53. The quantitative estimate of drug-likeness (QED) is 0.725. The van der Waals surface area contributed by atoms with Gasteiger partial charge in [0.25, 0.3) is 0 Å². The number of nitriles is 1. The van der Waals surface area contributed by atoms with Crippen LogP contribution in [-0.4, -0.2) is 20.2 Å². The average molecular weight is 204 g/mol. The van der Waals surface area contributed by atoms with E-state index in [2.05, 4.69) is 4.72 Å². The lowest BCUT2D eigenvalue weighted by atomic mass is 9.77. The average Bonchev–Trinajstić information content (AvgIpc) is 1.81. The lowest BCUT2D eigenvalue weighted by molar-refractivity contribution is 0.248. The molecule has 5 heteroatoms. The van der Waals surface area contributed by atoms with E-state index < -0.39 is 21.0 Å². The maximum atomic E-state index is 11.0. The van der Waals surface area contributed by atoms with Crippen molar-refractivity contribution in [1.82, 2.24) is 4.72 Å². The normalized spacial score (nSPS) is 17.5. The van der Waals surface area contributed by atoms with E-state index in [1.807, 2.05) is 26.8 Å². The molecule has 0 spiro atoms. The zero-order valence-electron chi connectivity index (χ0n) is 8.67. The number of hydrogen-bond donors (Lipinski definition) is 1. The SMILES string of the molecule is CC(C)(C)C(C)(C#N)NS(C)(=O)=O. The first-order chi connectivity index (χ1) is 5.52. The van der Waals surface area contributed by atoms with Gasteiger partial charge in [0, 0.05) is 0 Å². The summed E-state index contributed by atoms with van der Waals surface area (Å²) >= 11 is 0. The number of nitrogens with one attached hydrogen (secondary N) is 1. The number of rotatable bonds is 2. The molecule has 0 radical (unpaired) electrons. The minimum Gasteiger partial charge on any atom is -0.213 e. The van der Waals surface area contributed by atoms with Gasteiger partial charge in [0.05, 0.1) is 12.3 Å². The first-order valence-electron chi connectivity index (χ1n) is 3.92. The highest BCUT2D eigenvalue weighted by atomic mass is 32.2. The Labute approximate surface area is 80.0 Å². The van der Waals surface area contributed by atoms with Crippen LogP contribution >= 0.6 is 0 Å². The van der Waals surface area contributed by atoms with Crippen molar-refractivity contribution in [2.24, 2.45) is 5.41 Å². The van der Waals surface area contributed by atoms with Crippen molar-refractivity contribution >= 4 is 10.0 Å². The van der Waals surface area contributed by atoms with Crippen molar-refractivity contribution in [2.45, 2.75) is 33.2 Å². The molecule has 0 aromatic rings. The van der Waals surface area contributed by atoms with E-state index in [9.17, 15) is 8.42 Å². The standard InChI is InChI=1S/C8H16N2O2S/c1-7(2,3)8(4,6-9)10-13(5,11)12/h10H,1-5H3. The van der Waals surface area contributed by atoms with E-state index in [0.29, 0.717) is 0 Å². The Morgan fingerprint density at radius 3 is 1.69 bits per heavy atom. The van der Waals surface area contributed by atoms with Crippen LogP contribution in [0.25, 0.3) is 0 Å². The topological polar surface area (TPSA) is 70.0 Å². The monoisotopic (exact) mass is 204 g/mol. The lowest BCUT2D eigenvalue weighted by Gasteiger charge is -2.35. The number of nitrogens with zero attached hydrogens (tertiary/aromatic N) is 1. The molecule has 1 atom stereocenters. The molecule has 0 aromatic heterocycles. The third kappa shape index (κ3) is 3.33. The summed E-state index contributed by atoms with van der Waals surface area (Å²) in [5.41, 5.74) is -1.51. The minimum atomic E-state index is -3.35. The van der Waals surface area contributed by atoms with Gasteiger partial charge in [0.15, 0.2) is 0 Å². The van der Waals surface area contributed by atoms with Crippen LogP contribution in [0.5, 0.6) is 0 Å². The molecule has 0 aliphatic carbocycles. The Bertz CT molecular complexity index is 321. The van der Waals surface area contributed by atoms with Crippen LogP contribution in [0.2, 0.25) is 0 Å². The van der Waals surface area contributed by atoms with Crippen LogP contribution in [0.15, 0.2) is 0 Å². The number of hydrogen-bond acceptors (Lipinski definition) is 3. The molecule has 0 aliphatic rings. The van der Waals surface area contributed by atoms with Crippen LogP contribution in [0.3, 0.4) is 0 Å². The second-order valence-electron chi connectivity index (χ2n) is 4.36. The molecular weight excluding hydrogens is 188 g/mol. The molecule has 13 heavy (non-hydrogen) atoms. The van der Waals surface area contributed by atoms with Crippen molar-refractivity contribution in [2.75, 3.05) is 6.26 Å². The summed E-state index contributed by atoms with van der Waals surface area (Å²) in [6.07, 6.45) is 1.05. The largest absolute Gasteiger partial charge is 0.213 e. The third-order valence-electron chi connectivity index (χ3n) is 2.11.